The van der Waals surface area contributed by atoms with Gasteiger partial charge in [0.25, 0.3) is 0 Å². The van der Waals surface area contributed by atoms with Crippen molar-refractivity contribution in [1.29, 1.82) is 0 Å². The molecule has 0 radical (unpaired) electrons. The van der Waals surface area contributed by atoms with Crippen molar-refractivity contribution in [3.63, 3.8) is 0 Å². The van der Waals surface area contributed by atoms with Gasteiger partial charge in [0, 0.05) is 7.05 Å². The molecule has 1 aromatic heterocycles. The number of fused-ring (bicyclic) bond motifs is 1. The number of halogens is 6. The van der Waals surface area contributed by atoms with Crippen molar-refractivity contribution in [1.82, 2.24) is 13.9 Å². The van der Waals surface area contributed by atoms with Crippen LogP contribution in [0.3, 0.4) is 0 Å². The SMILES string of the molecule is CN(Cc1nc2ccccc2n1C(F)F)S(=O)(=O)c1ccc(Cl)c(C(F)(F)F)c1. The van der Waals surface area contributed by atoms with Crippen LogP contribution >= 0.6 is 11.6 Å². The van der Waals surface area contributed by atoms with E-state index in [9.17, 15) is 30.4 Å². The lowest BCUT2D eigenvalue weighted by Crippen LogP contribution is -2.28. The van der Waals surface area contributed by atoms with E-state index in [0.717, 1.165) is 19.2 Å². The molecule has 0 saturated carbocycles. The van der Waals surface area contributed by atoms with E-state index in [1.165, 1.54) is 18.2 Å². The van der Waals surface area contributed by atoms with Crippen LogP contribution in [0.2, 0.25) is 5.02 Å². The molecular weight excluding hydrogens is 441 g/mol. The van der Waals surface area contributed by atoms with E-state index in [-0.39, 0.29) is 16.9 Å². The average Bonchev–Trinajstić information content (AvgIpc) is 2.98. The van der Waals surface area contributed by atoms with E-state index in [0.29, 0.717) is 14.9 Å². The Bertz CT molecular complexity index is 1160. The molecule has 0 aliphatic rings. The number of nitrogens with zero attached hydrogens (tertiary/aromatic N) is 3. The zero-order valence-corrected chi connectivity index (χ0v) is 16.2. The largest absolute Gasteiger partial charge is 0.417 e. The van der Waals surface area contributed by atoms with Crippen molar-refractivity contribution >= 4 is 32.7 Å². The van der Waals surface area contributed by atoms with E-state index in [4.69, 9.17) is 11.6 Å². The standard InChI is InChI=1S/C17H13ClF5N3O2S/c1-25(9-15-24-13-4-2-3-5-14(13)26(15)16(19)20)29(27,28)10-6-7-12(18)11(8-10)17(21,22)23/h2-8,16H,9H2,1H3. The van der Waals surface area contributed by atoms with Crippen LogP contribution in [0.25, 0.3) is 11.0 Å². The summed E-state index contributed by atoms with van der Waals surface area (Å²) in [4.78, 5) is 3.36. The molecule has 0 amide bonds. The normalized spacial score (nSPS) is 13.0. The number of sulfonamides is 1. The maximum Gasteiger partial charge on any atom is 0.417 e. The van der Waals surface area contributed by atoms with Crippen LogP contribution in [-0.4, -0.2) is 29.3 Å². The second-order valence-electron chi connectivity index (χ2n) is 6.06. The highest BCUT2D eigenvalue weighted by atomic mass is 35.5. The molecule has 156 valence electrons. The molecule has 0 aliphatic heterocycles. The Hall–Kier alpha value is -2.24. The minimum absolute atomic E-state index is 0.106. The third-order valence-electron chi connectivity index (χ3n) is 4.18. The van der Waals surface area contributed by atoms with E-state index >= 15 is 0 Å². The van der Waals surface area contributed by atoms with Crippen molar-refractivity contribution in [3.8, 4) is 0 Å². The summed E-state index contributed by atoms with van der Waals surface area (Å²) in [6.07, 6.45) is -4.86. The Kier molecular flexibility index (Phi) is 5.58. The molecule has 0 aliphatic carbocycles. The summed E-state index contributed by atoms with van der Waals surface area (Å²) in [7, 11) is -3.38. The predicted octanol–water partition coefficient (Wildman–Crippen LogP) is 4.92. The number of rotatable bonds is 5. The summed E-state index contributed by atoms with van der Waals surface area (Å²) in [5.41, 5.74) is -0.970. The monoisotopic (exact) mass is 453 g/mol. The van der Waals surface area contributed by atoms with Crippen LogP contribution < -0.4 is 0 Å². The maximum atomic E-state index is 13.5. The lowest BCUT2D eigenvalue weighted by molar-refractivity contribution is -0.137. The van der Waals surface area contributed by atoms with Crippen molar-refractivity contribution in [2.24, 2.45) is 0 Å². The fourth-order valence-corrected chi connectivity index (χ4v) is 4.15. The van der Waals surface area contributed by atoms with Gasteiger partial charge in [-0.3, -0.25) is 4.57 Å². The van der Waals surface area contributed by atoms with E-state index in [2.05, 4.69) is 4.98 Å². The number of aromatic nitrogens is 2. The van der Waals surface area contributed by atoms with E-state index in [1.54, 1.807) is 6.07 Å². The molecule has 0 atom stereocenters. The van der Waals surface area contributed by atoms with Crippen LogP contribution in [0.1, 0.15) is 17.9 Å². The van der Waals surface area contributed by atoms with Gasteiger partial charge in [0.05, 0.1) is 33.1 Å². The summed E-state index contributed by atoms with van der Waals surface area (Å²) < 4.78 is 92.8. The molecule has 0 N–H and O–H groups in total. The Balaban J connectivity index is 2.00. The number of hydrogen-bond acceptors (Lipinski definition) is 3. The number of para-hydroxylation sites is 2. The summed E-state index contributed by atoms with van der Waals surface area (Å²) in [6, 6.07) is 8.15. The van der Waals surface area contributed by atoms with Gasteiger partial charge in [-0.15, -0.1) is 0 Å². The second-order valence-corrected chi connectivity index (χ2v) is 8.52. The zero-order chi connectivity index (χ0) is 21.6. The first-order valence-corrected chi connectivity index (χ1v) is 9.82. The second kappa shape index (κ2) is 7.54. The zero-order valence-electron chi connectivity index (χ0n) is 14.7. The van der Waals surface area contributed by atoms with E-state index < -0.39 is 44.8 Å². The molecule has 0 spiro atoms. The van der Waals surface area contributed by atoms with Crippen molar-refractivity contribution in [3.05, 3.63) is 58.9 Å². The average molecular weight is 454 g/mol. The minimum atomic E-state index is -4.86. The summed E-state index contributed by atoms with van der Waals surface area (Å²) >= 11 is 5.52. The van der Waals surface area contributed by atoms with Gasteiger partial charge in [0.2, 0.25) is 10.0 Å². The third kappa shape index (κ3) is 4.07. The van der Waals surface area contributed by atoms with Crippen LogP contribution in [0.5, 0.6) is 0 Å². The number of imidazole rings is 1. The van der Waals surface area contributed by atoms with Crippen LogP contribution in [-0.2, 0) is 22.7 Å². The molecule has 0 fully saturated rings. The lowest BCUT2D eigenvalue weighted by atomic mass is 10.2. The molecular formula is C17H13ClF5N3O2S. The van der Waals surface area contributed by atoms with Gasteiger partial charge in [-0.05, 0) is 30.3 Å². The highest BCUT2D eigenvalue weighted by molar-refractivity contribution is 7.89. The molecule has 1 heterocycles. The van der Waals surface area contributed by atoms with Gasteiger partial charge in [0.15, 0.2) is 0 Å². The lowest BCUT2D eigenvalue weighted by Gasteiger charge is -2.19. The number of alkyl halides is 5. The highest BCUT2D eigenvalue weighted by Crippen LogP contribution is 2.36. The van der Waals surface area contributed by atoms with Crippen LogP contribution in [0.15, 0.2) is 47.4 Å². The first-order chi connectivity index (χ1) is 13.4. The quantitative estimate of drug-likeness (QED) is 0.515. The maximum absolute atomic E-state index is 13.5. The molecule has 0 bridgehead atoms. The Morgan fingerprint density at radius 2 is 1.83 bits per heavy atom. The molecule has 0 saturated heterocycles. The molecule has 3 rings (SSSR count). The third-order valence-corrected chi connectivity index (χ3v) is 6.31. The van der Waals surface area contributed by atoms with Crippen molar-refractivity contribution in [2.75, 3.05) is 7.05 Å². The number of benzene rings is 2. The van der Waals surface area contributed by atoms with Crippen LogP contribution in [0, 0.1) is 0 Å². The summed E-state index contributed by atoms with van der Waals surface area (Å²) in [6.45, 7) is -3.56. The highest BCUT2D eigenvalue weighted by Gasteiger charge is 2.35. The van der Waals surface area contributed by atoms with Gasteiger partial charge < -0.3 is 0 Å². The molecule has 2 aromatic carbocycles. The molecule has 12 heteroatoms. The van der Waals surface area contributed by atoms with Crippen molar-refractivity contribution < 1.29 is 30.4 Å². The molecule has 29 heavy (non-hydrogen) atoms. The molecule has 0 unspecified atom stereocenters. The molecule has 5 nitrogen and oxygen atoms in total. The van der Waals surface area contributed by atoms with Crippen molar-refractivity contribution in [2.45, 2.75) is 24.2 Å². The number of hydrogen-bond donors (Lipinski definition) is 0. The van der Waals surface area contributed by atoms with Gasteiger partial charge in [-0.2, -0.15) is 26.3 Å². The first kappa shape index (κ1) is 21.5. The Labute approximate surface area is 167 Å². The smallest absolute Gasteiger partial charge is 0.269 e. The fraction of sp³-hybridized carbons (Fsp3) is 0.235. The van der Waals surface area contributed by atoms with Gasteiger partial charge in [-0.25, -0.2) is 13.4 Å². The van der Waals surface area contributed by atoms with Crippen LogP contribution in [0.4, 0.5) is 22.0 Å². The van der Waals surface area contributed by atoms with Gasteiger partial charge in [-0.1, -0.05) is 23.7 Å². The predicted molar refractivity (Wildman–Crippen MR) is 96.1 cm³/mol. The van der Waals surface area contributed by atoms with Gasteiger partial charge in [0.1, 0.15) is 5.82 Å². The summed E-state index contributed by atoms with van der Waals surface area (Å²) in [5, 5.41) is -0.654. The summed E-state index contributed by atoms with van der Waals surface area (Å²) in [5.74, 6) is -0.253. The first-order valence-electron chi connectivity index (χ1n) is 8.00. The Morgan fingerprint density at radius 3 is 2.45 bits per heavy atom. The molecule has 3 aromatic rings. The minimum Gasteiger partial charge on any atom is -0.269 e. The Morgan fingerprint density at radius 1 is 1.17 bits per heavy atom. The van der Waals surface area contributed by atoms with E-state index in [1.807, 2.05) is 0 Å². The topological polar surface area (TPSA) is 55.2 Å². The fourth-order valence-electron chi connectivity index (χ4n) is 2.77. The van der Waals surface area contributed by atoms with Gasteiger partial charge >= 0.3 is 12.7 Å².